The van der Waals surface area contributed by atoms with E-state index in [-0.39, 0.29) is 36.8 Å². The number of carbonyl (C=O) groups is 1. The number of nitrogens with zero attached hydrogens (tertiary/aromatic N) is 1. The molecular weight excluding hydrogens is 337 g/mol. The van der Waals surface area contributed by atoms with Crippen LogP contribution in [0.3, 0.4) is 0 Å². The predicted molar refractivity (Wildman–Crippen MR) is 94.5 cm³/mol. The van der Waals surface area contributed by atoms with Gasteiger partial charge in [0.15, 0.2) is 5.76 Å². The lowest BCUT2D eigenvalue weighted by Crippen LogP contribution is -2.42. The summed E-state index contributed by atoms with van der Waals surface area (Å²) in [6, 6.07) is 7.57. The van der Waals surface area contributed by atoms with Gasteiger partial charge in [-0.1, -0.05) is 0 Å². The largest absolute Gasteiger partial charge is 0.463 e. The van der Waals surface area contributed by atoms with Gasteiger partial charge in [-0.05, 0) is 57.1 Å². The molecule has 0 aliphatic carbocycles. The normalized spacial score (nSPS) is 14.5. The van der Waals surface area contributed by atoms with Crippen molar-refractivity contribution < 1.29 is 9.21 Å². The van der Waals surface area contributed by atoms with E-state index >= 15 is 0 Å². The summed E-state index contributed by atoms with van der Waals surface area (Å²) >= 11 is 0. The topological polar surface area (TPSA) is 67.2 Å². The van der Waals surface area contributed by atoms with Gasteiger partial charge in [0, 0.05) is 6.04 Å². The van der Waals surface area contributed by atoms with E-state index in [1.807, 2.05) is 31.2 Å². The second-order valence-corrected chi connectivity index (χ2v) is 5.30. The highest BCUT2D eigenvalue weighted by Crippen LogP contribution is 2.19. The average molecular weight is 358 g/mol. The third kappa shape index (κ3) is 4.70. The van der Waals surface area contributed by atoms with E-state index < -0.39 is 0 Å². The van der Waals surface area contributed by atoms with Gasteiger partial charge in [0.25, 0.3) is 5.91 Å². The molecule has 1 aliphatic rings. The molecule has 1 fully saturated rings. The molecule has 2 aromatic rings. The fourth-order valence-corrected chi connectivity index (χ4v) is 2.59. The van der Waals surface area contributed by atoms with Gasteiger partial charge in [0.1, 0.15) is 5.69 Å². The first kappa shape index (κ1) is 19.5. The van der Waals surface area contributed by atoms with Crippen LogP contribution in [0.25, 0.3) is 11.5 Å². The quantitative estimate of drug-likeness (QED) is 0.885. The Kier molecular flexibility index (Phi) is 7.55. The number of amides is 1. The van der Waals surface area contributed by atoms with Crippen molar-refractivity contribution in [3.63, 3.8) is 0 Å². The molecule has 7 heteroatoms. The molecule has 0 radical (unpaired) electrons. The van der Waals surface area contributed by atoms with Gasteiger partial charge in [-0.25, -0.2) is 4.98 Å². The van der Waals surface area contributed by atoms with E-state index in [9.17, 15) is 4.79 Å². The molecule has 5 nitrogen and oxygen atoms in total. The highest BCUT2D eigenvalue weighted by Gasteiger charge is 2.18. The van der Waals surface area contributed by atoms with Crippen LogP contribution < -0.4 is 10.6 Å². The SMILES string of the molecule is Cc1nc(-c2ccco2)ccc1C(=O)NC1CCNCC1.Cl.Cl. The van der Waals surface area contributed by atoms with Crippen molar-refractivity contribution in [2.75, 3.05) is 13.1 Å². The summed E-state index contributed by atoms with van der Waals surface area (Å²) in [4.78, 5) is 16.8. The number of halogens is 2. The second kappa shape index (κ2) is 8.91. The number of hydrogen-bond donors (Lipinski definition) is 2. The van der Waals surface area contributed by atoms with Crippen molar-refractivity contribution in [1.82, 2.24) is 15.6 Å². The number of pyridine rings is 1. The number of hydrogen-bond acceptors (Lipinski definition) is 4. The van der Waals surface area contributed by atoms with Crippen molar-refractivity contribution in [1.29, 1.82) is 0 Å². The molecule has 1 saturated heterocycles. The number of carbonyl (C=O) groups excluding carboxylic acids is 1. The van der Waals surface area contributed by atoms with E-state index in [1.54, 1.807) is 6.26 Å². The first-order valence-corrected chi connectivity index (χ1v) is 7.27. The Balaban J connectivity index is 0.00000132. The second-order valence-electron chi connectivity index (χ2n) is 5.30. The molecule has 3 heterocycles. The summed E-state index contributed by atoms with van der Waals surface area (Å²) in [5, 5.41) is 6.38. The summed E-state index contributed by atoms with van der Waals surface area (Å²) in [5.74, 6) is 0.668. The molecule has 1 amide bonds. The molecule has 0 aromatic carbocycles. The van der Waals surface area contributed by atoms with Crippen LogP contribution in [0, 0.1) is 6.92 Å². The summed E-state index contributed by atoms with van der Waals surface area (Å²) in [6.07, 6.45) is 3.56. The van der Waals surface area contributed by atoms with Crippen LogP contribution >= 0.6 is 24.8 Å². The molecule has 0 spiro atoms. The molecular formula is C16H21Cl2N3O2. The lowest BCUT2D eigenvalue weighted by Gasteiger charge is -2.23. The zero-order valence-electron chi connectivity index (χ0n) is 12.9. The third-order valence-electron chi connectivity index (χ3n) is 3.78. The molecule has 1 aliphatic heterocycles. The standard InChI is InChI=1S/C16H19N3O2.2ClH/c1-11-13(16(20)19-12-6-8-17-9-7-12)4-5-14(18-11)15-3-2-10-21-15;;/h2-5,10,12,17H,6-9H2,1H3,(H,19,20);2*1H. The van der Waals surface area contributed by atoms with E-state index in [1.165, 1.54) is 0 Å². The van der Waals surface area contributed by atoms with Crippen molar-refractivity contribution >= 4 is 30.7 Å². The molecule has 0 unspecified atom stereocenters. The smallest absolute Gasteiger partial charge is 0.253 e. The van der Waals surface area contributed by atoms with Gasteiger partial charge >= 0.3 is 0 Å². The average Bonchev–Trinajstić information content (AvgIpc) is 3.02. The van der Waals surface area contributed by atoms with Gasteiger partial charge in [0.2, 0.25) is 0 Å². The van der Waals surface area contributed by atoms with E-state index in [0.29, 0.717) is 11.3 Å². The zero-order valence-corrected chi connectivity index (χ0v) is 14.5. The zero-order chi connectivity index (χ0) is 14.7. The molecule has 0 saturated carbocycles. The Hall–Kier alpha value is -1.56. The van der Waals surface area contributed by atoms with Crippen molar-refractivity contribution in [3.8, 4) is 11.5 Å². The monoisotopic (exact) mass is 357 g/mol. The number of piperidine rings is 1. The number of rotatable bonds is 3. The van der Waals surface area contributed by atoms with Crippen LogP contribution in [0.15, 0.2) is 34.9 Å². The minimum Gasteiger partial charge on any atom is -0.463 e. The minimum absolute atomic E-state index is 0. The minimum atomic E-state index is -0.0436. The van der Waals surface area contributed by atoms with E-state index in [0.717, 1.165) is 37.3 Å². The summed E-state index contributed by atoms with van der Waals surface area (Å²) in [5.41, 5.74) is 2.09. The highest BCUT2D eigenvalue weighted by molar-refractivity contribution is 5.95. The van der Waals surface area contributed by atoms with Gasteiger partial charge in [0.05, 0.1) is 17.5 Å². The Morgan fingerprint density at radius 1 is 1.26 bits per heavy atom. The van der Waals surface area contributed by atoms with E-state index in [2.05, 4.69) is 15.6 Å². The van der Waals surface area contributed by atoms with Crippen LogP contribution in [0.2, 0.25) is 0 Å². The van der Waals surface area contributed by atoms with Gasteiger partial charge in [-0.2, -0.15) is 0 Å². The molecule has 2 N–H and O–H groups in total. The summed E-state index contributed by atoms with van der Waals surface area (Å²) < 4.78 is 5.33. The van der Waals surface area contributed by atoms with Gasteiger partial charge in [-0.3, -0.25) is 4.79 Å². The number of aryl methyl sites for hydroxylation is 1. The highest BCUT2D eigenvalue weighted by atomic mass is 35.5. The van der Waals surface area contributed by atoms with Crippen LogP contribution in [0.1, 0.15) is 28.9 Å². The summed E-state index contributed by atoms with van der Waals surface area (Å²) in [6.45, 7) is 3.77. The van der Waals surface area contributed by atoms with Crippen molar-refractivity contribution in [2.45, 2.75) is 25.8 Å². The van der Waals surface area contributed by atoms with Crippen LogP contribution in [0.4, 0.5) is 0 Å². The predicted octanol–water partition coefficient (Wildman–Crippen LogP) is 2.98. The maximum absolute atomic E-state index is 12.3. The Morgan fingerprint density at radius 2 is 2.00 bits per heavy atom. The van der Waals surface area contributed by atoms with Crippen LogP contribution in [-0.2, 0) is 0 Å². The number of aromatic nitrogens is 1. The lowest BCUT2D eigenvalue weighted by molar-refractivity contribution is 0.0928. The maximum atomic E-state index is 12.3. The number of nitrogens with one attached hydrogen (secondary N) is 2. The van der Waals surface area contributed by atoms with Crippen molar-refractivity contribution in [3.05, 3.63) is 41.8 Å². The molecule has 23 heavy (non-hydrogen) atoms. The molecule has 126 valence electrons. The first-order chi connectivity index (χ1) is 10.2. The maximum Gasteiger partial charge on any atom is 0.253 e. The van der Waals surface area contributed by atoms with Gasteiger partial charge in [-0.15, -0.1) is 24.8 Å². The number of furan rings is 1. The van der Waals surface area contributed by atoms with Crippen molar-refractivity contribution in [2.24, 2.45) is 0 Å². The molecule has 2 aromatic heterocycles. The summed E-state index contributed by atoms with van der Waals surface area (Å²) in [7, 11) is 0. The Bertz CT molecular complexity index is 626. The fourth-order valence-electron chi connectivity index (χ4n) is 2.59. The van der Waals surface area contributed by atoms with Gasteiger partial charge < -0.3 is 15.1 Å². The van der Waals surface area contributed by atoms with Crippen LogP contribution in [0.5, 0.6) is 0 Å². The lowest BCUT2D eigenvalue weighted by atomic mass is 10.1. The fraction of sp³-hybridized carbons (Fsp3) is 0.375. The third-order valence-corrected chi connectivity index (χ3v) is 3.78. The van der Waals surface area contributed by atoms with Crippen LogP contribution in [-0.4, -0.2) is 30.0 Å². The van der Waals surface area contributed by atoms with E-state index in [4.69, 9.17) is 4.42 Å². The molecule has 3 rings (SSSR count). The Labute approximate surface area is 148 Å². The first-order valence-electron chi connectivity index (χ1n) is 7.27. The molecule has 0 atom stereocenters. The Morgan fingerprint density at radius 3 is 2.61 bits per heavy atom. The molecule has 0 bridgehead atoms.